The zero-order valence-electron chi connectivity index (χ0n) is 15.0. The van der Waals surface area contributed by atoms with E-state index >= 15 is 0 Å². The van der Waals surface area contributed by atoms with Gasteiger partial charge in [-0.3, -0.25) is 4.79 Å². The molecule has 3 aromatic rings. The van der Waals surface area contributed by atoms with Gasteiger partial charge >= 0.3 is 0 Å². The van der Waals surface area contributed by atoms with Gasteiger partial charge in [0.2, 0.25) is 14.9 Å². The highest BCUT2D eigenvalue weighted by Gasteiger charge is 2.38. The zero-order chi connectivity index (χ0) is 20.4. The van der Waals surface area contributed by atoms with Crippen LogP contribution in [0.2, 0.25) is 0 Å². The number of rotatable bonds is 4. The van der Waals surface area contributed by atoms with Crippen molar-refractivity contribution in [3.63, 3.8) is 0 Å². The monoisotopic (exact) mass is 410 g/mol. The largest absolute Gasteiger partial charge is 0.346 e. The Hall–Kier alpha value is -3.59. The highest BCUT2D eigenvalue weighted by atomic mass is 32.2. The molecule has 2 aromatic carbocycles. The fourth-order valence-electron chi connectivity index (χ4n) is 2.82. The molecule has 1 aliphatic rings. The molecule has 146 valence electrons. The first-order valence-corrected chi connectivity index (χ1v) is 10.1. The molecular weight excluding hydrogens is 395 g/mol. The number of aromatic nitrogens is 1. The van der Waals surface area contributed by atoms with Gasteiger partial charge in [-0.1, -0.05) is 30.3 Å². The van der Waals surface area contributed by atoms with Crippen LogP contribution in [0.25, 0.3) is 0 Å². The molecule has 1 amide bonds. The second-order valence-electron chi connectivity index (χ2n) is 6.19. The Kier molecular flexibility index (Phi) is 4.81. The smallest absolute Gasteiger partial charge is 0.284 e. The third-order valence-electron chi connectivity index (χ3n) is 4.25. The third-order valence-corrected chi connectivity index (χ3v) is 5.92. The number of pyridine rings is 1. The average molecular weight is 410 g/mol. The standard InChI is InChI=1S/C20H15FN4O3S/c21-15-10-8-14(9-11-15)13-23-19(26)20-24-25(16-5-2-1-3-6-16)18-17(29(20,27)28)7-4-12-22-18/h1-12H,13H2,(H,23,26). The first-order chi connectivity index (χ1) is 14.0. The van der Waals surface area contributed by atoms with Crippen molar-refractivity contribution in [2.24, 2.45) is 5.10 Å². The van der Waals surface area contributed by atoms with Crippen LogP contribution in [0.3, 0.4) is 0 Å². The molecule has 0 saturated heterocycles. The molecule has 29 heavy (non-hydrogen) atoms. The number of para-hydroxylation sites is 1. The minimum atomic E-state index is -4.16. The topological polar surface area (TPSA) is 91.7 Å². The Bertz CT molecular complexity index is 1200. The molecular formula is C20H15FN4O3S. The average Bonchev–Trinajstić information content (AvgIpc) is 2.74. The molecule has 1 N–H and O–H groups in total. The Balaban J connectivity index is 1.70. The molecule has 0 spiro atoms. The summed E-state index contributed by atoms with van der Waals surface area (Å²) in [6.07, 6.45) is 1.46. The number of carbonyl (C=O) groups excluding carboxylic acids is 1. The van der Waals surface area contributed by atoms with E-state index in [-0.39, 0.29) is 17.3 Å². The lowest BCUT2D eigenvalue weighted by molar-refractivity contribution is -0.114. The maximum atomic E-state index is 13.0. The molecule has 0 unspecified atom stereocenters. The predicted molar refractivity (Wildman–Crippen MR) is 106 cm³/mol. The van der Waals surface area contributed by atoms with E-state index in [0.29, 0.717) is 11.3 Å². The van der Waals surface area contributed by atoms with Crippen molar-refractivity contribution in [3.8, 4) is 0 Å². The summed E-state index contributed by atoms with van der Waals surface area (Å²) >= 11 is 0. The number of hydrazone groups is 1. The lowest BCUT2D eigenvalue weighted by Gasteiger charge is -2.25. The number of fused-ring (bicyclic) bond motifs is 1. The van der Waals surface area contributed by atoms with Crippen molar-refractivity contribution in [2.45, 2.75) is 11.4 Å². The van der Waals surface area contributed by atoms with Crippen LogP contribution in [0.4, 0.5) is 15.9 Å². The van der Waals surface area contributed by atoms with E-state index in [1.807, 2.05) is 6.07 Å². The molecule has 7 nitrogen and oxygen atoms in total. The summed E-state index contributed by atoms with van der Waals surface area (Å²) in [7, 11) is -4.16. The van der Waals surface area contributed by atoms with E-state index in [0.717, 1.165) is 0 Å². The molecule has 0 aliphatic carbocycles. The van der Waals surface area contributed by atoms with E-state index in [2.05, 4.69) is 15.4 Å². The summed E-state index contributed by atoms with van der Waals surface area (Å²) in [5.41, 5.74) is 1.18. The fraction of sp³-hybridized carbons (Fsp3) is 0.0500. The van der Waals surface area contributed by atoms with Crippen molar-refractivity contribution in [3.05, 3.63) is 84.3 Å². The molecule has 0 radical (unpaired) electrons. The van der Waals surface area contributed by atoms with Gasteiger partial charge in [0.15, 0.2) is 5.82 Å². The van der Waals surface area contributed by atoms with Crippen molar-refractivity contribution < 1.29 is 17.6 Å². The normalized spacial score (nSPS) is 14.7. The highest BCUT2D eigenvalue weighted by Crippen LogP contribution is 2.34. The minimum absolute atomic E-state index is 0.0267. The Morgan fingerprint density at radius 3 is 2.45 bits per heavy atom. The Labute approximate surface area is 166 Å². The van der Waals surface area contributed by atoms with Gasteiger partial charge in [0.25, 0.3) is 5.91 Å². The Morgan fingerprint density at radius 2 is 1.72 bits per heavy atom. The van der Waals surface area contributed by atoms with E-state index in [1.54, 1.807) is 24.3 Å². The van der Waals surface area contributed by atoms with Gasteiger partial charge in [0, 0.05) is 12.7 Å². The van der Waals surface area contributed by atoms with Crippen LogP contribution in [0.15, 0.2) is 82.9 Å². The van der Waals surface area contributed by atoms with Gasteiger partial charge in [-0.2, -0.15) is 0 Å². The van der Waals surface area contributed by atoms with Crippen molar-refractivity contribution in [1.82, 2.24) is 10.3 Å². The third kappa shape index (κ3) is 3.59. The van der Waals surface area contributed by atoms with Crippen LogP contribution < -0.4 is 10.3 Å². The fourth-order valence-corrected chi connectivity index (χ4v) is 4.17. The van der Waals surface area contributed by atoms with E-state index in [1.165, 1.54) is 47.6 Å². The number of hydrogen-bond donors (Lipinski definition) is 1. The predicted octanol–water partition coefficient (Wildman–Crippen LogP) is 2.78. The van der Waals surface area contributed by atoms with Crippen LogP contribution in [-0.2, 0) is 21.2 Å². The molecule has 1 aromatic heterocycles. The second-order valence-corrected chi connectivity index (χ2v) is 8.02. The first-order valence-electron chi connectivity index (χ1n) is 8.63. The van der Waals surface area contributed by atoms with E-state index in [9.17, 15) is 17.6 Å². The van der Waals surface area contributed by atoms with Crippen LogP contribution in [0, 0.1) is 5.82 Å². The summed E-state index contributed by atoms with van der Waals surface area (Å²) in [6.45, 7) is 0.0267. The molecule has 1 aliphatic heterocycles. The van der Waals surface area contributed by atoms with Crippen LogP contribution >= 0.6 is 0 Å². The molecule has 2 heterocycles. The highest BCUT2D eigenvalue weighted by molar-refractivity contribution is 8.08. The summed E-state index contributed by atoms with van der Waals surface area (Å²) < 4.78 is 39.0. The first kappa shape index (κ1) is 18.8. The summed E-state index contributed by atoms with van der Waals surface area (Å²) in [6, 6.07) is 17.2. The van der Waals surface area contributed by atoms with Gasteiger partial charge in [-0.15, -0.1) is 5.10 Å². The van der Waals surface area contributed by atoms with Gasteiger partial charge in [-0.25, -0.2) is 22.8 Å². The SMILES string of the molecule is O=C(NCc1ccc(F)cc1)C1=NN(c2ccccc2)c2ncccc2S1(=O)=O. The molecule has 9 heteroatoms. The van der Waals surface area contributed by atoms with Gasteiger partial charge in [-0.05, 0) is 42.0 Å². The number of anilines is 2. The Morgan fingerprint density at radius 1 is 1.00 bits per heavy atom. The lowest BCUT2D eigenvalue weighted by Crippen LogP contribution is -2.40. The number of halogens is 1. The van der Waals surface area contributed by atoms with E-state index in [4.69, 9.17) is 0 Å². The number of carbonyl (C=O) groups is 1. The zero-order valence-corrected chi connectivity index (χ0v) is 15.8. The number of amides is 1. The molecule has 4 rings (SSSR count). The van der Waals surface area contributed by atoms with Crippen LogP contribution in [0.1, 0.15) is 5.56 Å². The number of nitrogens with zero attached hydrogens (tertiary/aromatic N) is 3. The summed E-state index contributed by atoms with van der Waals surface area (Å²) in [4.78, 5) is 16.7. The number of hydrogen-bond acceptors (Lipinski definition) is 6. The summed E-state index contributed by atoms with van der Waals surface area (Å²) in [5, 5.41) is 7.32. The van der Waals surface area contributed by atoms with Crippen LogP contribution in [-0.4, -0.2) is 24.4 Å². The lowest BCUT2D eigenvalue weighted by atomic mass is 10.2. The van der Waals surface area contributed by atoms with Crippen molar-refractivity contribution in [2.75, 3.05) is 5.01 Å². The quantitative estimate of drug-likeness (QED) is 0.714. The van der Waals surface area contributed by atoms with Gasteiger partial charge in [0.05, 0.1) is 5.69 Å². The molecule has 0 fully saturated rings. The van der Waals surface area contributed by atoms with Crippen LogP contribution in [0.5, 0.6) is 0 Å². The minimum Gasteiger partial charge on any atom is -0.346 e. The van der Waals surface area contributed by atoms with Crippen molar-refractivity contribution in [1.29, 1.82) is 0 Å². The maximum Gasteiger partial charge on any atom is 0.284 e. The molecule has 0 atom stereocenters. The number of benzene rings is 2. The summed E-state index contributed by atoms with van der Waals surface area (Å²) in [5.74, 6) is -1.14. The molecule has 0 bridgehead atoms. The maximum absolute atomic E-state index is 13.0. The molecule has 0 saturated carbocycles. The van der Waals surface area contributed by atoms with Gasteiger partial charge < -0.3 is 5.32 Å². The number of nitrogens with one attached hydrogen (secondary N) is 1. The second kappa shape index (κ2) is 7.44. The number of sulfone groups is 1. The van der Waals surface area contributed by atoms with Gasteiger partial charge in [0.1, 0.15) is 10.7 Å². The van der Waals surface area contributed by atoms with Crippen molar-refractivity contribution >= 4 is 32.3 Å². The van der Waals surface area contributed by atoms with E-state index < -0.39 is 26.6 Å².